The van der Waals surface area contributed by atoms with E-state index in [9.17, 15) is 9.18 Å². The van der Waals surface area contributed by atoms with Crippen LogP contribution in [0.5, 0.6) is 0 Å². The number of halogens is 1. The van der Waals surface area contributed by atoms with Crippen molar-refractivity contribution in [3.05, 3.63) is 42.1 Å². The summed E-state index contributed by atoms with van der Waals surface area (Å²) in [5.74, 6) is -1.56. The molecule has 0 saturated heterocycles. The standard InChI is InChI=1S/C11H9FN2O2/c1-14-6-13-5-10(14)9-4-7(12)2-3-8(9)11(15)16/h2-6H,1H3,(H,15,16). The van der Waals surface area contributed by atoms with E-state index >= 15 is 0 Å². The molecule has 0 fully saturated rings. The number of imidazole rings is 1. The number of aromatic nitrogens is 2. The fourth-order valence-electron chi connectivity index (χ4n) is 1.53. The number of aryl methyl sites for hydroxylation is 1. The molecule has 0 atom stereocenters. The maximum Gasteiger partial charge on any atom is 0.336 e. The number of hydrogen-bond acceptors (Lipinski definition) is 2. The highest BCUT2D eigenvalue weighted by Crippen LogP contribution is 2.24. The lowest BCUT2D eigenvalue weighted by atomic mass is 10.0. The lowest BCUT2D eigenvalue weighted by Crippen LogP contribution is -2.02. The molecule has 2 aromatic rings. The van der Waals surface area contributed by atoms with Gasteiger partial charge in [0, 0.05) is 12.6 Å². The van der Waals surface area contributed by atoms with Crippen LogP contribution in [0.4, 0.5) is 4.39 Å². The van der Waals surface area contributed by atoms with E-state index in [0.717, 1.165) is 6.07 Å². The molecule has 4 nitrogen and oxygen atoms in total. The minimum atomic E-state index is -1.09. The summed E-state index contributed by atoms with van der Waals surface area (Å²) in [6.07, 6.45) is 3.03. The Hall–Kier alpha value is -2.17. The predicted octanol–water partition coefficient (Wildman–Crippen LogP) is 1.92. The largest absolute Gasteiger partial charge is 0.478 e. The van der Waals surface area contributed by atoms with E-state index < -0.39 is 11.8 Å². The summed E-state index contributed by atoms with van der Waals surface area (Å²) in [4.78, 5) is 14.9. The Morgan fingerprint density at radius 3 is 2.81 bits per heavy atom. The van der Waals surface area contributed by atoms with Crippen LogP contribution >= 0.6 is 0 Å². The lowest BCUT2D eigenvalue weighted by molar-refractivity contribution is 0.0697. The van der Waals surface area contributed by atoms with Crippen molar-refractivity contribution in [2.24, 2.45) is 7.05 Å². The van der Waals surface area contributed by atoms with E-state index in [4.69, 9.17) is 5.11 Å². The van der Waals surface area contributed by atoms with Crippen LogP contribution in [0.2, 0.25) is 0 Å². The molecule has 1 N–H and O–H groups in total. The molecule has 0 aliphatic carbocycles. The maximum absolute atomic E-state index is 13.1. The highest BCUT2D eigenvalue weighted by Gasteiger charge is 2.14. The van der Waals surface area contributed by atoms with Crippen molar-refractivity contribution in [3.63, 3.8) is 0 Å². The normalized spacial score (nSPS) is 10.4. The van der Waals surface area contributed by atoms with Crippen LogP contribution in [0, 0.1) is 5.82 Å². The molecule has 0 aliphatic rings. The molecule has 0 aliphatic heterocycles. The third kappa shape index (κ3) is 1.67. The Balaban J connectivity index is 2.67. The summed E-state index contributed by atoms with van der Waals surface area (Å²) in [5, 5.41) is 8.99. The first-order valence-corrected chi connectivity index (χ1v) is 4.59. The molecule has 0 unspecified atom stereocenters. The predicted molar refractivity (Wildman–Crippen MR) is 55.6 cm³/mol. The first kappa shape index (κ1) is 10.4. The molecule has 0 spiro atoms. The molecule has 1 aromatic carbocycles. The average molecular weight is 220 g/mol. The number of carboxylic acids is 1. The molecule has 1 heterocycles. The van der Waals surface area contributed by atoms with Crippen molar-refractivity contribution in [2.75, 3.05) is 0 Å². The quantitative estimate of drug-likeness (QED) is 0.841. The van der Waals surface area contributed by atoms with Gasteiger partial charge in [0.05, 0.1) is 23.8 Å². The van der Waals surface area contributed by atoms with Crippen LogP contribution in [0.1, 0.15) is 10.4 Å². The number of carboxylic acid groups (broad SMARTS) is 1. The zero-order chi connectivity index (χ0) is 11.7. The van der Waals surface area contributed by atoms with Crippen LogP contribution in [0.3, 0.4) is 0 Å². The highest BCUT2D eigenvalue weighted by atomic mass is 19.1. The van der Waals surface area contributed by atoms with Crippen molar-refractivity contribution in [1.82, 2.24) is 9.55 Å². The second kappa shape index (κ2) is 3.77. The Labute approximate surface area is 91.0 Å². The summed E-state index contributed by atoms with van der Waals surface area (Å²) < 4.78 is 14.8. The zero-order valence-electron chi connectivity index (χ0n) is 8.51. The SMILES string of the molecule is Cn1cncc1-c1cc(F)ccc1C(=O)O. The third-order valence-electron chi connectivity index (χ3n) is 2.30. The van der Waals surface area contributed by atoms with Gasteiger partial charge in [-0.15, -0.1) is 0 Å². The molecular weight excluding hydrogens is 211 g/mol. The Kier molecular flexibility index (Phi) is 2.44. The van der Waals surface area contributed by atoms with Crippen LogP contribution < -0.4 is 0 Å². The fraction of sp³-hybridized carbons (Fsp3) is 0.0909. The number of nitrogens with zero attached hydrogens (tertiary/aromatic N) is 2. The third-order valence-corrected chi connectivity index (χ3v) is 2.30. The van der Waals surface area contributed by atoms with Gasteiger partial charge in [-0.2, -0.15) is 0 Å². The number of aromatic carboxylic acids is 1. The molecule has 82 valence electrons. The number of hydrogen-bond donors (Lipinski definition) is 1. The van der Waals surface area contributed by atoms with E-state index in [1.807, 2.05) is 0 Å². The lowest BCUT2D eigenvalue weighted by Gasteiger charge is -2.06. The zero-order valence-corrected chi connectivity index (χ0v) is 8.51. The monoisotopic (exact) mass is 220 g/mol. The maximum atomic E-state index is 13.1. The fourth-order valence-corrected chi connectivity index (χ4v) is 1.53. The van der Waals surface area contributed by atoms with Gasteiger partial charge >= 0.3 is 5.97 Å². The van der Waals surface area contributed by atoms with Crippen LogP contribution in [0.15, 0.2) is 30.7 Å². The van der Waals surface area contributed by atoms with Crippen LogP contribution in [-0.4, -0.2) is 20.6 Å². The van der Waals surface area contributed by atoms with Gasteiger partial charge < -0.3 is 9.67 Å². The minimum absolute atomic E-state index is 0.0602. The van der Waals surface area contributed by atoms with E-state index in [-0.39, 0.29) is 5.56 Å². The Bertz CT molecular complexity index is 549. The smallest absolute Gasteiger partial charge is 0.336 e. The second-order valence-corrected chi connectivity index (χ2v) is 3.38. The van der Waals surface area contributed by atoms with Crippen LogP contribution in [0.25, 0.3) is 11.3 Å². The summed E-state index contributed by atoms with van der Waals surface area (Å²) in [6, 6.07) is 3.57. The van der Waals surface area contributed by atoms with Gasteiger partial charge in [-0.05, 0) is 18.2 Å². The van der Waals surface area contributed by atoms with E-state index in [1.54, 1.807) is 11.6 Å². The Morgan fingerprint density at radius 2 is 2.25 bits per heavy atom. The summed E-state index contributed by atoms with van der Waals surface area (Å²) in [5.41, 5.74) is 0.953. The van der Waals surface area contributed by atoms with Gasteiger partial charge in [0.25, 0.3) is 0 Å². The average Bonchev–Trinajstić information content (AvgIpc) is 2.63. The van der Waals surface area contributed by atoms with E-state index in [2.05, 4.69) is 4.98 Å². The van der Waals surface area contributed by atoms with Crippen molar-refractivity contribution in [3.8, 4) is 11.3 Å². The molecule has 5 heteroatoms. The summed E-state index contributed by atoms with van der Waals surface area (Å²) in [6.45, 7) is 0. The van der Waals surface area contributed by atoms with Gasteiger partial charge in [-0.25, -0.2) is 14.2 Å². The first-order valence-electron chi connectivity index (χ1n) is 4.59. The van der Waals surface area contributed by atoms with Crippen molar-refractivity contribution in [1.29, 1.82) is 0 Å². The molecule has 0 radical (unpaired) electrons. The van der Waals surface area contributed by atoms with Gasteiger partial charge in [0.2, 0.25) is 0 Å². The van der Waals surface area contributed by atoms with Gasteiger partial charge in [-0.3, -0.25) is 0 Å². The number of carbonyl (C=O) groups is 1. The first-order chi connectivity index (χ1) is 7.59. The molecule has 16 heavy (non-hydrogen) atoms. The van der Waals surface area contributed by atoms with Crippen molar-refractivity contribution >= 4 is 5.97 Å². The van der Waals surface area contributed by atoms with E-state index in [1.165, 1.54) is 24.7 Å². The molecular formula is C11H9FN2O2. The molecule has 0 amide bonds. The summed E-state index contributed by atoms with van der Waals surface area (Å²) >= 11 is 0. The molecule has 0 saturated carbocycles. The minimum Gasteiger partial charge on any atom is -0.478 e. The van der Waals surface area contributed by atoms with Gasteiger partial charge in [-0.1, -0.05) is 0 Å². The Morgan fingerprint density at radius 1 is 1.50 bits per heavy atom. The highest BCUT2D eigenvalue weighted by molar-refractivity contribution is 5.95. The van der Waals surface area contributed by atoms with Crippen LogP contribution in [-0.2, 0) is 7.05 Å². The van der Waals surface area contributed by atoms with E-state index in [0.29, 0.717) is 11.3 Å². The van der Waals surface area contributed by atoms with Gasteiger partial charge in [0.15, 0.2) is 0 Å². The number of rotatable bonds is 2. The number of benzene rings is 1. The van der Waals surface area contributed by atoms with Gasteiger partial charge in [0.1, 0.15) is 5.82 Å². The van der Waals surface area contributed by atoms with Crippen molar-refractivity contribution in [2.45, 2.75) is 0 Å². The second-order valence-electron chi connectivity index (χ2n) is 3.38. The molecule has 2 rings (SSSR count). The molecule has 1 aromatic heterocycles. The topological polar surface area (TPSA) is 55.1 Å². The summed E-state index contributed by atoms with van der Waals surface area (Å²) in [7, 11) is 1.72. The molecule has 0 bridgehead atoms. The van der Waals surface area contributed by atoms with Crippen molar-refractivity contribution < 1.29 is 14.3 Å².